The molecule has 8 N–H and O–H groups in total. The summed E-state index contributed by atoms with van der Waals surface area (Å²) in [5, 5.41) is 13.3. The minimum Gasteiger partial charge on any atom is -0.507 e. The summed E-state index contributed by atoms with van der Waals surface area (Å²) in [6.45, 7) is 2.12. The number of allylic oxidation sites excluding steroid dienone is 2. The van der Waals surface area contributed by atoms with Gasteiger partial charge in [-0.25, -0.2) is 4.98 Å². The van der Waals surface area contributed by atoms with Gasteiger partial charge in [0.15, 0.2) is 0 Å². The summed E-state index contributed by atoms with van der Waals surface area (Å²) in [5.74, 6) is 0.881. The topological polar surface area (TPSA) is 128 Å². The van der Waals surface area contributed by atoms with Crippen molar-refractivity contribution in [2.24, 2.45) is 23.1 Å². The summed E-state index contributed by atoms with van der Waals surface area (Å²) in [6, 6.07) is 6.86. The zero-order valence-electron chi connectivity index (χ0n) is 14.7. The van der Waals surface area contributed by atoms with Gasteiger partial charge < -0.3 is 32.2 Å². The summed E-state index contributed by atoms with van der Waals surface area (Å²) in [7, 11) is 0. The van der Waals surface area contributed by atoms with Crippen molar-refractivity contribution in [3.05, 3.63) is 59.9 Å². The lowest BCUT2D eigenvalue weighted by Gasteiger charge is -2.21. The predicted molar refractivity (Wildman–Crippen MR) is 103 cm³/mol. The van der Waals surface area contributed by atoms with Crippen molar-refractivity contribution in [1.82, 2.24) is 14.9 Å². The normalized spacial score (nSPS) is 15.8. The molecule has 1 aromatic heterocycles. The summed E-state index contributed by atoms with van der Waals surface area (Å²) >= 11 is 0. The molecular weight excluding hydrogens is 328 g/mol. The van der Waals surface area contributed by atoms with Crippen molar-refractivity contribution < 1.29 is 5.11 Å². The fourth-order valence-electron chi connectivity index (χ4n) is 3.23. The summed E-state index contributed by atoms with van der Waals surface area (Å²) in [5.41, 5.74) is 20.3. The first-order chi connectivity index (χ1) is 12.5. The molecule has 0 atom stereocenters. The maximum absolute atomic E-state index is 9.97. The van der Waals surface area contributed by atoms with E-state index in [0.29, 0.717) is 22.9 Å². The van der Waals surface area contributed by atoms with Crippen LogP contribution < -0.4 is 22.5 Å². The number of hydrogen-bond donors (Lipinski definition) is 5. The second-order valence-electron chi connectivity index (χ2n) is 6.63. The zero-order valence-corrected chi connectivity index (χ0v) is 14.7. The molecular formula is C19H26N6O. The Labute approximate surface area is 153 Å². The molecule has 0 aliphatic carbocycles. The first-order valence-corrected chi connectivity index (χ1v) is 8.79. The number of nitrogens with zero attached hydrogens (tertiary/aromatic N) is 2. The molecule has 1 aromatic carbocycles. The smallest absolute Gasteiger partial charge is 0.124 e. The first-order valence-electron chi connectivity index (χ1n) is 8.79. The SMILES string of the molecule is NC(N)=C(/C=C(\N)c1ccccc1O)n1cnc(CC2CCNCC2)c1. The highest BCUT2D eigenvalue weighted by molar-refractivity contribution is 5.77. The molecule has 0 unspecified atom stereocenters. The van der Waals surface area contributed by atoms with Crippen LogP contribution in [-0.2, 0) is 6.42 Å². The highest BCUT2D eigenvalue weighted by atomic mass is 16.3. The molecule has 0 saturated carbocycles. The van der Waals surface area contributed by atoms with E-state index in [9.17, 15) is 5.11 Å². The van der Waals surface area contributed by atoms with Gasteiger partial charge in [-0.3, -0.25) is 0 Å². The molecule has 2 aromatic rings. The van der Waals surface area contributed by atoms with E-state index in [1.54, 1.807) is 41.2 Å². The van der Waals surface area contributed by atoms with Crippen LogP contribution in [0.15, 0.2) is 48.7 Å². The highest BCUT2D eigenvalue weighted by Crippen LogP contribution is 2.24. The number of para-hydroxylation sites is 1. The minimum absolute atomic E-state index is 0.105. The van der Waals surface area contributed by atoms with Gasteiger partial charge in [0.05, 0.1) is 17.7 Å². The average molecular weight is 354 g/mol. The molecule has 1 aliphatic rings. The van der Waals surface area contributed by atoms with E-state index in [1.807, 2.05) is 6.20 Å². The van der Waals surface area contributed by atoms with Crippen molar-refractivity contribution in [2.45, 2.75) is 19.3 Å². The quantitative estimate of drug-likeness (QED) is 0.513. The van der Waals surface area contributed by atoms with Gasteiger partial charge in [-0.05, 0) is 56.5 Å². The molecule has 138 valence electrons. The molecule has 0 bridgehead atoms. The number of nitrogens with one attached hydrogen (secondary N) is 1. The van der Waals surface area contributed by atoms with E-state index in [-0.39, 0.29) is 11.6 Å². The van der Waals surface area contributed by atoms with Gasteiger partial charge >= 0.3 is 0 Å². The van der Waals surface area contributed by atoms with E-state index < -0.39 is 0 Å². The van der Waals surface area contributed by atoms with Crippen LogP contribution in [0.3, 0.4) is 0 Å². The van der Waals surface area contributed by atoms with Gasteiger partial charge in [0.2, 0.25) is 0 Å². The second kappa shape index (κ2) is 7.97. The fraction of sp³-hybridized carbons (Fsp3) is 0.316. The van der Waals surface area contributed by atoms with Crippen LogP contribution in [0.4, 0.5) is 0 Å². The van der Waals surface area contributed by atoms with E-state index >= 15 is 0 Å². The summed E-state index contributed by atoms with van der Waals surface area (Å²) in [4.78, 5) is 4.49. The van der Waals surface area contributed by atoms with E-state index in [2.05, 4.69) is 10.3 Å². The third-order valence-corrected chi connectivity index (χ3v) is 4.67. The van der Waals surface area contributed by atoms with Crippen LogP contribution in [0.1, 0.15) is 24.1 Å². The van der Waals surface area contributed by atoms with Gasteiger partial charge in [0.25, 0.3) is 0 Å². The highest BCUT2D eigenvalue weighted by Gasteiger charge is 2.15. The Morgan fingerprint density at radius 1 is 1.23 bits per heavy atom. The Balaban J connectivity index is 1.82. The molecule has 0 spiro atoms. The molecule has 1 fully saturated rings. The number of phenolic OH excluding ortho intramolecular Hbond substituents is 1. The Morgan fingerprint density at radius 2 is 1.96 bits per heavy atom. The largest absolute Gasteiger partial charge is 0.507 e. The average Bonchev–Trinajstić information content (AvgIpc) is 3.08. The predicted octanol–water partition coefficient (Wildman–Crippen LogP) is 1.17. The number of benzene rings is 1. The lowest BCUT2D eigenvalue weighted by Crippen LogP contribution is -2.28. The Hall–Kier alpha value is -2.93. The maximum Gasteiger partial charge on any atom is 0.124 e. The van der Waals surface area contributed by atoms with Crippen molar-refractivity contribution in [3.63, 3.8) is 0 Å². The number of hydrogen-bond acceptors (Lipinski definition) is 6. The number of rotatable bonds is 5. The number of piperidine rings is 1. The lowest BCUT2D eigenvalue weighted by molar-refractivity contribution is 0.370. The third kappa shape index (κ3) is 4.18. The molecule has 1 aliphatic heterocycles. The Morgan fingerprint density at radius 3 is 2.65 bits per heavy atom. The van der Waals surface area contributed by atoms with Crippen LogP contribution >= 0.6 is 0 Å². The number of aromatic nitrogens is 2. The van der Waals surface area contributed by atoms with Crippen LogP contribution in [0.2, 0.25) is 0 Å². The molecule has 3 rings (SSSR count). The molecule has 1 saturated heterocycles. The molecule has 2 heterocycles. The second-order valence-corrected chi connectivity index (χ2v) is 6.63. The maximum atomic E-state index is 9.97. The van der Waals surface area contributed by atoms with Crippen LogP contribution in [-0.4, -0.2) is 27.7 Å². The summed E-state index contributed by atoms with van der Waals surface area (Å²) < 4.78 is 1.78. The van der Waals surface area contributed by atoms with Gasteiger partial charge in [-0.15, -0.1) is 0 Å². The summed E-state index contributed by atoms with van der Waals surface area (Å²) in [6.07, 6.45) is 8.54. The molecule has 0 amide bonds. The molecule has 26 heavy (non-hydrogen) atoms. The zero-order chi connectivity index (χ0) is 18.5. The fourth-order valence-corrected chi connectivity index (χ4v) is 3.23. The Kier molecular flexibility index (Phi) is 5.48. The first kappa shape index (κ1) is 17.9. The molecule has 7 nitrogen and oxygen atoms in total. The van der Waals surface area contributed by atoms with Gasteiger partial charge in [0.1, 0.15) is 11.6 Å². The molecule has 0 radical (unpaired) electrons. The Bertz CT molecular complexity index is 813. The minimum atomic E-state index is 0.105. The van der Waals surface area contributed by atoms with Crippen molar-refractivity contribution in [2.75, 3.05) is 13.1 Å². The van der Waals surface area contributed by atoms with Crippen molar-refractivity contribution in [3.8, 4) is 5.75 Å². The number of phenols is 1. The molecule has 7 heteroatoms. The number of aromatic hydroxyl groups is 1. The van der Waals surface area contributed by atoms with Crippen LogP contribution in [0.5, 0.6) is 5.75 Å². The van der Waals surface area contributed by atoms with E-state index in [4.69, 9.17) is 17.2 Å². The van der Waals surface area contributed by atoms with Gasteiger partial charge in [0, 0.05) is 17.5 Å². The van der Waals surface area contributed by atoms with Crippen LogP contribution in [0.25, 0.3) is 11.4 Å². The van der Waals surface area contributed by atoms with E-state index in [0.717, 1.165) is 38.0 Å². The van der Waals surface area contributed by atoms with E-state index in [1.165, 1.54) is 0 Å². The van der Waals surface area contributed by atoms with Gasteiger partial charge in [-0.2, -0.15) is 0 Å². The van der Waals surface area contributed by atoms with Crippen molar-refractivity contribution >= 4 is 11.4 Å². The monoisotopic (exact) mass is 354 g/mol. The van der Waals surface area contributed by atoms with Crippen molar-refractivity contribution in [1.29, 1.82) is 0 Å². The number of imidazole rings is 1. The number of nitrogens with two attached hydrogens (primary N) is 3. The third-order valence-electron chi connectivity index (χ3n) is 4.67. The lowest BCUT2D eigenvalue weighted by atomic mass is 9.93. The van der Waals surface area contributed by atoms with Gasteiger partial charge in [-0.1, -0.05) is 12.1 Å². The standard InChI is InChI=1S/C19H26N6O/c20-16(15-3-1-2-4-18(15)26)10-17(19(21)22)25-11-14(24-12-25)9-13-5-7-23-8-6-13/h1-4,10-13,23,26H,5-9,20-22H2/b16-10-. The van der Waals surface area contributed by atoms with Crippen LogP contribution in [0, 0.1) is 5.92 Å².